The van der Waals surface area contributed by atoms with Gasteiger partial charge in [-0.25, -0.2) is 0 Å². The van der Waals surface area contributed by atoms with Gasteiger partial charge >= 0.3 is 0 Å². The molecule has 0 amide bonds. The van der Waals surface area contributed by atoms with E-state index in [2.05, 4.69) is 122 Å². The second-order valence-corrected chi connectivity index (χ2v) is 13.0. The van der Waals surface area contributed by atoms with E-state index in [1.165, 1.54) is 50.4 Å². The van der Waals surface area contributed by atoms with E-state index in [1.807, 2.05) is 55.5 Å². The highest BCUT2D eigenvalue weighted by Gasteiger charge is 2.37. The van der Waals surface area contributed by atoms with Gasteiger partial charge in [0.05, 0.1) is 6.04 Å². The number of benzene rings is 6. The minimum atomic E-state index is -0.256. The molecule has 3 N–H and O–H groups in total. The SMILES string of the molecule is C/C(=C\C=N)c1ccccc1C(/C=C/c1ccc(-c2cccc3c2-c2cc4ccccc4cc2C3(C)C)cc1)NC(=N)c1ccccc1. The first-order valence-corrected chi connectivity index (χ1v) is 16.5. The molecule has 234 valence electrons. The molecule has 1 unspecified atom stereocenters. The monoisotopic (exact) mass is 621 g/mol. The van der Waals surface area contributed by atoms with E-state index >= 15 is 0 Å². The summed E-state index contributed by atoms with van der Waals surface area (Å²) in [5.41, 5.74) is 12.8. The molecule has 1 aliphatic rings. The molecular weight excluding hydrogens is 583 g/mol. The van der Waals surface area contributed by atoms with Crippen molar-refractivity contribution in [2.24, 2.45) is 0 Å². The van der Waals surface area contributed by atoms with Gasteiger partial charge in [0.15, 0.2) is 0 Å². The summed E-state index contributed by atoms with van der Waals surface area (Å²) in [6.07, 6.45) is 7.39. The maximum Gasteiger partial charge on any atom is 0.126 e. The summed E-state index contributed by atoms with van der Waals surface area (Å²) < 4.78 is 0. The predicted molar refractivity (Wildman–Crippen MR) is 204 cm³/mol. The topological polar surface area (TPSA) is 59.7 Å². The Morgan fingerprint density at radius 3 is 2.15 bits per heavy atom. The van der Waals surface area contributed by atoms with E-state index in [0.29, 0.717) is 5.84 Å². The second kappa shape index (κ2) is 12.8. The first kappa shape index (κ1) is 30.8. The molecule has 1 aliphatic carbocycles. The first-order valence-electron chi connectivity index (χ1n) is 16.5. The molecule has 48 heavy (non-hydrogen) atoms. The average Bonchev–Trinajstić information content (AvgIpc) is 3.35. The molecule has 3 nitrogen and oxygen atoms in total. The molecule has 0 heterocycles. The Kier molecular flexibility index (Phi) is 8.20. The van der Waals surface area contributed by atoms with Crippen LogP contribution in [0.15, 0.2) is 146 Å². The van der Waals surface area contributed by atoms with Crippen LogP contribution in [0, 0.1) is 10.8 Å². The smallest absolute Gasteiger partial charge is 0.126 e. The minimum absolute atomic E-state index is 0.0780. The quantitative estimate of drug-likeness (QED) is 0.115. The number of amidine groups is 1. The predicted octanol–water partition coefficient (Wildman–Crippen LogP) is 11.2. The van der Waals surface area contributed by atoms with Crippen molar-refractivity contribution in [3.05, 3.63) is 179 Å². The zero-order valence-corrected chi connectivity index (χ0v) is 27.6. The van der Waals surface area contributed by atoms with Gasteiger partial charge in [0.1, 0.15) is 5.84 Å². The van der Waals surface area contributed by atoms with E-state index in [1.54, 1.807) is 0 Å². The molecule has 7 rings (SSSR count). The van der Waals surface area contributed by atoms with Crippen LogP contribution in [-0.4, -0.2) is 12.1 Å². The maximum atomic E-state index is 8.86. The fraction of sp³-hybridized carbons (Fsp3) is 0.111. The summed E-state index contributed by atoms with van der Waals surface area (Å²) in [6, 6.07) is 46.7. The largest absolute Gasteiger partial charge is 0.360 e. The number of hydrogen-bond donors (Lipinski definition) is 3. The van der Waals surface area contributed by atoms with E-state index in [4.69, 9.17) is 10.8 Å². The lowest BCUT2D eigenvalue weighted by molar-refractivity contribution is 0.661. The van der Waals surface area contributed by atoms with Crippen LogP contribution >= 0.6 is 0 Å². The van der Waals surface area contributed by atoms with E-state index in [-0.39, 0.29) is 11.5 Å². The summed E-state index contributed by atoms with van der Waals surface area (Å²) >= 11 is 0. The molecule has 6 aromatic rings. The van der Waals surface area contributed by atoms with Gasteiger partial charge in [0, 0.05) is 17.2 Å². The summed E-state index contributed by atoms with van der Waals surface area (Å²) in [4.78, 5) is 0. The molecule has 0 radical (unpaired) electrons. The lowest BCUT2D eigenvalue weighted by atomic mass is 9.81. The summed E-state index contributed by atoms with van der Waals surface area (Å²) in [6.45, 7) is 6.70. The van der Waals surface area contributed by atoms with Gasteiger partial charge < -0.3 is 10.7 Å². The Hall–Kier alpha value is -5.80. The Labute approximate surface area is 283 Å². The van der Waals surface area contributed by atoms with Crippen LogP contribution in [0.3, 0.4) is 0 Å². The molecule has 0 bridgehead atoms. The Balaban J connectivity index is 1.24. The lowest BCUT2D eigenvalue weighted by Gasteiger charge is -2.22. The molecule has 0 saturated carbocycles. The van der Waals surface area contributed by atoms with E-state index in [9.17, 15) is 0 Å². The third kappa shape index (κ3) is 5.69. The highest BCUT2D eigenvalue weighted by atomic mass is 15.0. The third-order valence-electron chi connectivity index (χ3n) is 9.69. The van der Waals surface area contributed by atoms with Gasteiger partial charge in [-0.3, -0.25) is 5.41 Å². The molecule has 3 heteroatoms. The second-order valence-electron chi connectivity index (χ2n) is 13.0. The molecule has 0 spiro atoms. The van der Waals surface area contributed by atoms with Crippen LogP contribution in [0.5, 0.6) is 0 Å². The standard InChI is InChI=1S/C45H39N3/c1-30(26-27-46)36-16-9-10-17-38(36)42(48-44(47)33-12-5-4-6-13-33)25-22-31-20-23-32(24-21-31)37-18-11-19-40-43(37)39-28-34-14-7-8-15-35(34)29-41(39)45(40,2)3/h4-29,42,46H,1-3H3,(H2,47,48)/b25-22+,30-26+,46-27?. The number of hydrogen-bond acceptors (Lipinski definition) is 2. The fourth-order valence-electron chi connectivity index (χ4n) is 7.11. The van der Waals surface area contributed by atoms with Crippen molar-refractivity contribution in [3.63, 3.8) is 0 Å². The van der Waals surface area contributed by atoms with Crippen molar-refractivity contribution in [3.8, 4) is 22.3 Å². The van der Waals surface area contributed by atoms with Crippen molar-refractivity contribution in [2.45, 2.75) is 32.2 Å². The van der Waals surface area contributed by atoms with Gasteiger partial charge in [-0.2, -0.15) is 0 Å². The van der Waals surface area contributed by atoms with Crippen molar-refractivity contribution in [1.29, 1.82) is 10.8 Å². The van der Waals surface area contributed by atoms with Crippen molar-refractivity contribution < 1.29 is 0 Å². The number of nitrogens with one attached hydrogen (secondary N) is 3. The van der Waals surface area contributed by atoms with Gasteiger partial charge in [0.25, 0.3) is 0 Å². The number of allylic oxidation sites excluding steroid dienone is 2. The van der Waals surface area contributed by atoms with Crippen LogP contribution in [0.25, 0.3) is 44.7 Å². The molecular formula is C45H39N3. The van der Waals surface area contributed by atoms with Gasteiger partial charge in [-0.15, -0.1) is 0 Å². The van der Waals surface area contributed by atoms with Crippen LogP contribution in [0.4, 0.5) is 0 Å². The zero-order valence-electron chi connectivity index (χ0n) is 27.6. The molecule has 0 aliphatic heterocycles. The summed E-state index contributed by atoms with van der Waals surface area (Å²) in [5.74, 6) is 0.359. The molecule has 1 atom stereocenters. The third-order valence-corrected chi connectivity index (χ3v) is 9.69. The minimum Gasteiger partial charge on any atom is -0.360 e. The van der Waals surface area contributed by atoms with Crippen LogP contribution in [0.2, 0.25) is 0 Å². The summed E-state index contributed by atoms with van der Waals surface area (Å²) in [5, 5.41) is 22.5. The van der Waals surface area contributed by atoms with Crippen LogP contribution in [-0.2, 0) is 5.41 Å². The zero-order chi connectivity index (χ0) is 33.3. The van der Waals surface area contributed by atoms with Crippen molar-refractivity contribution in [1.82, 2.24) is 5.32 Å². The Morgan fingerprint density at radius 2 is 1.40 bits per heavy atom. The van der Waals surface area contributed by atoms with Crippen LogP contribution in [0.1, 0.15) is 60.2 Å². The lowest BCUT2D eigenvalue weighted by Crippen LogP contribution is -2.28. The molecule has 6 aromatic carbocycles. The average molecular weight is 622 g/mol. The fourth-order valence-corrected chi connectivity index (χ4v) is 7.11. The van der Waals surface area contributed by atoms with Gasteiger partial charge in [-0.05, 0) is 91.5 Å². The number of rotatable bonds is 8. The van der Waals surface area contributed by atoms with Gasteiger partial charge in [-0.1, -0.05) is 147 Å². The number of fused-ring (bicyclic) bond motifs is 4. The highest BCUT2D eigenvalue weighted by Crippen LogP contribution is 2.53. The maximum absolute atomic E-state index is 8.86. The first-order chi connectivity index (χ1) is 23.3. The van der Waals surface area contributed by atoms with Crippen molar-refractivity contribution >= 4 is 34.5 Å². The Morgan fingerprint density at radius 1 is 0.708 bits per heavy atom. The highest BCUT2D eigenvalue weighted by molar-refractivity contribution is 5.99. The molecule has 0 aromatic heterocycles. The normalized spacial score (nSPS) is 14.0. The van der Waals surface area contributed by atoms with Gasteiger partial charge in [0.2, 0.25) is 0 Å². The van der Waals surface area contributed by atoms with E-state index < -0.39 is 0 Å². The Bertz CT molecular complexity index is 2220. The van der Waals surface area contributed by atoms with Crippen LogP contribution < -0.4 is 5.32 Å². The molecule has 0 fully saturated rings. The van der Waals surface area contributed by atoms with E-state index in [0.717, 1.165) is 27.8 Å². The molecule has 0 saturated heterocycles. The summed E-state index contributed by atoms with van der Waals surface area (Å²) in [7, 11) is 0. The van der Waals surface area contributed by atoms with Crippen molar-refractivity contribution in [2.75, 3.05) is 0 Å².